The van der Waals surface area contributed by atoms with Crippen molar-refractivity contribution in [2.75, 3.05) is 6.61 Å². The molecule has 29 heavy (non-hydrogen) atoms. The third kappa shape index (κ3) is 7.71. The van der Waals surface area contributed by atoms with Crippen LogP contribution in [-0.4, -0.2) is 60.7 Å². The van der Waals surface area contributed by atoms with E-state index in [1.165, 1.54) is 6.92 Å². The van der Waals surface area contributed by atoms with Gasteiger partial charge >= 0.3 is 24.0 Å². The van der Waals surface area contributed by atoms with Gasteiger partial charge in [0.1, 0.15) is 30.5 Å². The molecule has 0 saturated carbocycles. The lowest BCUT2D eigenvalue weighted by Gasteiger charge is -2.28. The summed E-state index contributed by atoms with van der Waals surface area (Å²) in [7, 11) is 0. The summed E-state index contributed by atoms with van der Waals surface area (Å²) in [6.07, 6.45) is -2.98. The Morgan fingerprint density at radius 1 is 1.24 bits per heavy atom. The van der Waals surface area contributed by atoms with Gasteiger partial charge in [-0.05, 0) is 27.7 Å². The summed E-state index contributed by atoms with van der Waals surface area (Å²) in [5, 5.41) is 2.29. The molecule has 0 aromatic rings. The van der Waals surface area contributed by atoms with Crippen molar-refractivity contribution < 1.29 is 42.9 Å². The first-order valence-corrected chi connectivity index (χ1v) is 9.36. The van der Waals surface area contributed by atoms with E-state index in [-0.39, 0.29) is 6.42 Å². The maximum absolute atomic E-state index is 12.5. The molecule has 0 unspecified atom stereocenters. The van der Waals surface area contributed by atoms with Crippen LogP contribution in [0.2, 0.25) is 0 Å². The molecular formula is C19H29NO9. The van der Waals surface area contributed by atoms with Gasteiger partial charge in [-0.3, -0.25) is 9.59 Å². The van der Waals surface area contributed by atoms with E-state index in [0.717, 1.165) is 0 Å². The second-order valence-corrected chi connectivity index (χ2v) is 8.04. The van der Waals surface area contributed by atoms with Crippen molar-refractivity contribution in [2.24, 2.45) is 11.8 Å². The topological polar surface area (TPSA) is 134 Å². The normalized spacial score (nSPS) is 25.6. The van der Waals surface area contributed by atoms with Crippen LogP contribution >= 0.6 is 0 Å². The van der Waals surface area contributed by atoms with Crippen LogP contribution in [0.5, 0.6) is 0 Å². The molecule has 0 aliphatic carbocycles. The summed E-state index contributed by atoms with van der Waals surface area (Å²) in [6, 6.07) is -1.33. The highest BCUT2D eigenvalue weighted by Gasteiger charge is 2.42. The number of esters is 3. The monoisotopic (exact) mass is 415 g/mol. The second kappa shape index (κ2) is 10.2. The fourth-order valence-electron chi connectivity index (χ4n) is 2.47. The van der Waals surface area contributed by atoms with Crippen LogP contribution in [0.15, 0.2) is 0 Å². The van der Waals surface area contributed by atoms with Gasteiger partial charge < -0.3 is 29.1 Å². The predicted molar refractivity (Wildman–Crippen MR) is 98.6 cm³/mol. The van der Waals surface area contributed by atoms with Crippen molar-refractivity contribution in [1.82, 2.24) is 5.32 Å². The summed E-state index contributed by atoms with van der Waals surface area (Å²) in [4.78, 5) is 60.0. The first-order valence-electron chi connectivity index (χ1n) is 9.36. The minimum atomic E-state index is -1.33. The first-order chi connectivity index (χ1) is 13.4. The molecule has 0 aromatic heterocycles. The average Bonchev–Trinajstić information content (AvgIpc) is 2.61. The number of carbonyl (C=O) groups excluding carboxylic acids is 5. The van der Waals surface area contributed by atoms with Gasteiger partial charge in [0.2, 0.25) is 0 Å². The van der Waals surface area contributed by atoms with Crippen molar-refractivity contribution in [3.8, 4) is 0 Å². The molecule has 10 heteroatoms. The van der Waals surface area contributed by atoms with Gasteiger partial charge in [-0.2, -0.15) is 0 Å². The molecule has 1 heterocycles. The van der Waals surface area contributed by atoms with Gasteiger partial charge in [-0.25, -0.2) is 9.59 Å². The zero-order valence-electron chi connectivity index (χ0n) is 17.6. The Hall–Kier alpha value is -2.65. The summed E-state index contributed by atoms with van der Waals surface area (Å²) in [6.45, 7) is 9.04. The van der Waals surface area contributed by atoms with Gasteiger partial charge in [0.05, 0.1) is 5.92 Å². The number of amides is 1. The lowest BCUT2D eigenvalue weighted by molar-refractivity contribution is -0.177. The number of ether oxygens (including phenoxy) is 4. The lowest BCUT2D eigenvalue weighted by atomic mass is 9.95. The predicted octanol–water partition coefficient (Wildman–Crippen LogP) is 1.14. The van der Waals surface area contributed by atoms with Crippen molar-refractivity contribution in [1.29, 1.82) is 0 Å². The van der Waals surface area contributed by atoms with Crippen LogP contribution in [0.4, 0.5) is 4.79 Å². The van der Waals surface area contributed by atoms with Crippen LogP contribution in [0, 0.1) is 11.8 Å². The van der Waals surface area contributed by atoms with Crippen LogP contribution in [0.25, 0.3) is 0 Å². The highest BCUT2D eigenvalue weighted by Crippen LogP contribution is 2.23. The first kappa shape index (κ1) is 24.4. The van der Waals surface area contributed by atoms with Crippen LogP contribution in [-0.2, 0) is 38.1 Å². The maximum atomic E-state index is 12.5. The van der Waals surface area contributed by atoms with Gasteiger partial charge in [0, 0.05) is 6.42 Å². The van der Waals surface area contributed by atoms with E-state index in [1.807, 2.05) is 0 Å². The van der Waals surface area contributed by atoms with Crippen LogP contribution in [0.1, 0.15) is 48.0 Å². The highest BCUT2D eigenvalue weighted by atomic mass is 16.6. The quantitative estimate of drug-likeness (QED) is 0.398. The van der Waals surface area contributed by atoms with E-state index in [9.17, 15) is 24.0 Å². The molecule has 0 bridgehead atoms. The summed E-state index contributed by atoms with van der Waals surface area (Å²) < 4.78 is 20.8. The molecule has 1 fully saturated rings. The van der Waals surface area contributed by atoms with E-state index < -0.39 is 66.3 Å². The molecule has 0 aromatic carbocycles. The Kier molecular flexibility index (Phi) is 8.59. The Balaban J connectivity index is 3.07. The smallest absolute Gasteiger partial charge is 0.408 e. The Bertz CT molecular complexity index is 638. The third-order valence-electron chi connectivity index (χ3n) is 3.91. The molecule has 1 rings (SSSR count). The summed E-state index contributed by atoms with van der Waals surface area (Å²) >= 11 is 0. The average molecular weight is 415 g/mol. The van der Waals surface area contributed by atoms with E-state index in [0.29, 0.717) is 6.29 Å². The summed E-state index contributed by atoms with van der Waals surface area (Å²) in [5.41, 5.74) is -0.804. The highest BCUT2D eigenvalue weighted by molar-refractivity contribution is 5.83. The number of rotatable bonds is 5. The molecule has 1 aliphatic rings. The molecule has 1 aliphatic heterocycles. The Morgan fingerprint density at radius 3 is 2.38 bits per heavy atom. The minimum absolute atomic E-state index is 0.291. The zero-order valence-corrected chi connectivity index (χ0v) is 17.6. The standard InChI is InChI=1S/C19H29NO9/c1-10(2)15(22)28-14-11(3)27-17(24)13(20-18(25)29-19(4,5)6)9-26-16(23)12(14)7-8-21/h8,10-14H,7,9H2,1-6H3,(H,20,25)/t11-,12-,13-,14-/m0/s1. The Morgan fingerprint density at radius 2 is 1.86 bits per heavy atom. The van der Waals surface area contributed by atoms with Gasteiger partial charge in [-0.15, -0.1) is 0 Å². The van der Waals surface area contributed by atoms with Crippen molar-refractivity contribution in [2.45, 2.75) is 71.8 Å². The van der Waals surface area contributed by atoms with Crippen LogP contribution in [0.3, 0.4) is 0 Å². The largest absolute Gasteiger partial charge is 0.463 e. The summed E-state index contributed by atoms with van der Waals surface area (Å²) in [5.74, 6) is -4.02. The van der Waals surface area contributed by atoms with E-state index >= 15 is 0 Å². The SMILES string of the molecule is CC(C)C(=O)O[C@H]1[C@H](C)OC(=O)[C@@H](NC(=O)OC(C)(C)C)COC(=O)[C@H]1CC=O. The maximum Gasteiger partial charge on any atom is 0.408 e. The van der Waals surface area contributed by atoms with E-state index in [2.05, 4.69) is 5.32 Å². The fourth-order valence-corrected chi connectivity index (χ4v) is 2.47. The van der Waals surface area contributed by atoms with Crippen molar-refractivity contribution in [3.63, 3.8) is 0 Å². The number of carbonyl (C=O) groups is 5. The number of hydrogen-bond acceptors (Lipinski definition) is 9. The number of alkyl carbamates (subject to hydrolysis) is 1. The van der Waals surface area contributed by atoms with Gasteiger partial charge in [-0.1, -0.05) is 13.8 Å². The molecule has 0 spiro atoms. The molecule has 10 nitrogen and oxygen atoms in total. The number of cyclic esters (lactones) is 2. The zero-order chi connectivity index (χ0) is 22.4. The van der Waals surface area contributed by atoms with Gasteiger partial charge in [0.15, 0.2) is 12.1 Å². The molecule has 1 saturated heterocycles. The number of nitrogens with one attached hydrogen (secondary N) is 1. The molecule has 1 amide bonds. The minimum Gasteiger partial charge on any atom is -0.463 e. The second-order valence-electron chi connectivity index (χ2n) is 8.04. The van der Waals surface area contributed by atoms with Crippen LogP contribution < -0.4 is 5.32 Å². The van der Waals surface area contributed by atoms with E-state index in [1.54, 1.807) is 34.6 Å². The molecule has 1 N–H and O–H groups in total. The lowest BCUT2D eigenvalue weighted by Crippen LogP contribution is -2.48. The van der Waals surface area contributed by atoms with E-state index in [4.69, 9.17) is 18.9 Å². The number of hydrogen-bond donors (Lipinski definition) is 1. The number of aldehydes is 1. The van der Waals surface area contributed by atoms with Crippen molar-refractivity contribution >= 4 is 30.3 Å². The molecule has 4 atom stereocenters. The Labute approximate surface area is 169 Å². The molecular weight excluding hydrogens is 386 g/mol. The molecule has 0 radical (unpaired) electrons. The fraction of sp³-hybridized carbons (Fsp3) is 0.737. The van der Waals surface area contributed by atoms with Crippen molar-refractivity contribution in [3.05, 3.63) is 0 Å². The third-order valence-corrected chi connectivity index (χ3v) is 3.91. The molecule has 164 valence electrons. The van der Waals surface area contributed by atoms with Gasteiger partial charge in [0.25, 0.3) is 0 Å².